The lowest BCUT2D eigenvalue weighted by Crippen LogP contribution is -2.56. The van der Waals surface area contributed by atoms with Crippen molar-refractivity contribution in [2.75, 3.05) is 52.4 Å². The molecule has 12 nitrogen and oxygen atoms in total. The SMILES string of the molecule is NCCCNCCCCNCCCNCCCc1cn([C@@H]2O[C@H](CO)[C@@H](O)[C@H](O)[C@H]2O)nn1. The lowest BCUT2D eigenvalue weighted by atomic mass is 9.98. The molecule has 0 spiro atoms. The first-order chi connectivity index (χ1) is 16.1. The van der Waals surface area contributed by atoms with Crippen LogP contribution in [-0.4, -0.2) is 112 Å². The average molecular weight is 474 g/mol. The smallest absolute Gasteiger partial charge is 0.180 e. The van der Waals surface area contributed by atoms with E-state index in [0.717, 1.165) is 70.8 Å². The van der Waals surface area contributed by atoms with E-state index in [4.69, 9.17) is 10.5 Å². The van der Waals surface area contributed by atoms with E-state index in [1.54, 1.807) is 6.20 Å². The van der Waals surface area contributed by atoms with E-state index in [0.29, 0.717) is 6.42 Å². The van der Waals surface area contributed by atoms with Gasteiger partial charge < -0.3 is 46.8 Å². The Morgan fingerprint density at radius 1 is 0.848 bits per heavy atom. The van der Waals surface area contributed by atoms with Crippen LogP contribution in [0.2, 0.25) is 0 Å². The summed E-state index contributed by atoms with van der Waals surface area (Å²) in [6.45, 7) is 6.19. The van der Waals surface area contributed by atoms with Crippen LogP contribution in [0.25, 0.3) is 0 Å². The van der Waals surface area contributed by atoms with Crippen molar-refractivity contribution < 1.29 is 25.2 Å². The van der Waals surface area contributed by atoms with Gasteiger partial charge in [0.15, 0.2) is 6.23 Å². The number of hydrogen-bond acceptors (Lipinski definition) is 11. The Morgan fingerprint density at radius 2 is 1.45 bits per heavy atom. The third-order valence-electron chi connectivity index (χ3n) is 5.69. The van der Waals surface area contributed by atoms with Gasteiger partial charge in [-0.1, -0.05) is 5.21 Å². The number of unbranched alkanes of at least 4 members (excludes halogenated alkanes) is 1. The lowest BCUT2D eigenvalue weighted by molar-refractivity contribution is -0.254. The first-order valence-electron chi connectivity index (χ1n) is 12.1. The van der Waals surface area contributed by atoms with Gasteiger partial charge in [-0.25, -0.2) is 4.68 Å². The Balaban J connectivity index is 1.49. The molecule has 33 heavy (non-hydrogen) atoms. The molecule has 2 heterocycles. The quantitative estimate of drug-likeness (QED) is 0.105. The fourth-order valence-corrected chi connectivity index (χ4v) is 3.69. The topological polar surface area (TPSA) is 183 Å². The van der Waals surface area contributed by atoms with Gasteiger partial charge in [-0.05, 0) is 84.3 Å². The standard InChI is InChI=1S/C21H43N7O5/c22-7-4-11-23-8-1-2-9-24-12-5-13-25-10-3-6-16-14-28(27-26-16)21-20(32)19(31)18(30)17(15-29)33-21/h14,17-21,23-25,29-32H,1-13,15,22H2/t17-,18-,19+,20-,21-/m1/s1. The molecule has 5 atom stereocenters. The van der Waals surface area contributed by atoms with Gasteiger partial charge in [-0.2, -0.15) is 0 Å². The number of nitrogens with one attached hydrogen (secondary N) is 3. The maximum absolute atomic E-state index is 10.2. The van der Waals surface area contributed by atoms with E-state index >= 15 is 0 Å². The zero-order valence-electron chi connectivity index (χ0n) is 19.5. The fourth-order valence-electron chi connectivity index (χ4n) is 3.69. The highest BCUT2D eigenvalue weighted by atomic mass is 16.6. The van der Waals surface area contributed by atoms with Crippen LogP contribution in [0.5, 0.6) is 0 Å². The highest BCUT2D eigenvalue weighted by Crippen LogP contribution is 2.27. The minimum Gasteiger partial charge on any atom is -0.394 e. The zero-order valence-corrected chi connectivity index (χ0v) is 19.5. The molecule has 1 fully saturated rings. The van der Waals surface area contributed by atoms with Crippen LogP contribution in [0.3, 0.4) is 0 Å². The predicted molar refractivity (Wildman–Crippen MR) is 123 cm³/mol. The van der Waals surface area contributed by atoms with Crippen molar-refractivity contribution in [1.82, 2.24) is 30.9 Å². The third kappa shape index (κ3) is 9.89. The molecule has 1 aliphatic heterocycles. The predicted octanol–water partition coefficient (Wildman–Crippen LogP) is -2.53. The first-order valence-corrected chi connectivity index (χ1v) is 12.1. The minimum atomic E-state index is -1.43. The van der Waals surface area contributed by atoms with Crippen LogP contribution < -0.4 is 21.7 Å². The average Bonchev–Trinajstić information content (AvgIpc) is 3.29. The van der Waals surface area contributed by atoms with E-state index in [-0.39, 0.29) is 0 Å². The largest absolute Gasteiger partial charge is 0.394 e. The number of aliphatic hydroxyl groups excluding tert-OH is 4. The number of rotatable bonds is 18. The number of nitrogens with zero attached hydrogens (tertiary/aromatic N) is 3. The molecular formula is C21H43N7O5. The number of aromatic nitrogens is 3. The van der Waals surface area contributed by atoms with Gasteiger partial charge in [0.1, 0.15) is 24.4 Å². The van der Waals surface area contributed by atoms with Crippen molar-refractivity contribution in [3.05, 3.63) is 11.9 Å². The summed E-state index contributed by atoms with van der Waals surface area (Å²) in [5.74, 6) is 0. The second-order valence-electron chi connectivity index (χ2n) is 8.47. The Hall–Kier alpha value is -1.22. The Morgan fingerprint density at radius 3 is 2.09 bits per heavy atom. The molecule has 0 aliphatic carbocycles. The Labute approximate surface area is 195 Å². The normalized spacial score (nSPS) is 25.5. The second-order valence-corrected chi connectivity index (χ2v) is 8.47. The molecule has 1 aliphatic rings. The summed E-state index contributed by atoms with van der Waals surface area (Å²) in [5.41, 5.74) is 6.20. The van der Waals surface area contributed by atoms with Crippen LogP contribution in [0.15, 0.2) is 6.20 Å². The van der Waals surface area contributed by atoms with E-state index in [1.165, 1.54) is 17.5 Å². The summed E-state index contributed by atoms with van der Waals surface area (Å²) in [6.07, 6.45) is 1.53. The van der Waals surface area contributed by atoms with Crippen LogP contribution in [-0.2, 0) is 11.2 Å². The molecule has 0 unspecified atom stereocenters. The van der Waals surface area contributed by atoms with Crippen LogP contribution in [0.1, 0.15) is 44.0 Å². The molecule has 0 amide bonds. The molecular weight excluding hydrogens is 430 g/mol. The summed E-state index contributed by atoms with van der Waals surface area (Å²) in [4.78, 5) is 0. The van der Waals surface area contributed by atoms with E-state index < -0.39 is 37.3 Å². The minimum absolute atomic E-state index is 0.475. The molecule has 1 aromatic rings. The van der Waals surface area contributed by atoms with Crippen LogP contribution >= 0.6 is 0 Å². The van der Waals surface area contributed by atoms with Crippen molar-refractivity contribution in [2.45, 2.75) is 69.2 Å². The van der Waals surface area contributed by atoms with Gasteiger partial charge in [0.25, 0.3) is 0 Å². The van der Waals surface area contributed by atoms with Gasteiger partial charge in [-0.15, -0.1) is 5.10 Å². The molecule has 2 rings (SSSR count). The number of aliphatic hydroxyl groups is 4. The van der Waals surface area contributed by atoms with Crippen molar-refractivity contribution in [3.8, 4) is 0 Å². The van der Waals surface area contributed by atoms with Crippen molar-refractivity contribution in [2.24, 2.45) is 5.73 Å². The summed E-state index contributed by atoms with van der Waals surface area (Å²) >= 11 is 0. The second kappa shape index (κ2) is 16.4. The highest BCUT2D eigenvalue weighted by molar-refractivity contribution is 4.96. The molecule has 12 heteroatoms. The van der Waals surface area contributed by atoms with E-state index in [2.05, 4.69) is 26.3 Å². The summed E-state index contributed by atoms with van der Waals surface area (Å²) in [6, 6.07) is 0. The van der Waals surface area contributed by atoms with Crippen LogP contribution in [0.4, 0.5) is 0 Å². The van der Waals surface area contributed by atoms with Gasteiger partial charge in [0.05, 0.1) is 18.5 Å². The fraction of sp³-hybridized carbons (Fsp3) is 0.905. The van der Waals surface area contributed by atoms with Gasteiger partial charge in [0, 0.05) is 0 Å². The molecule has 0 saturated carbocycles. The van der Waals surface area contributed by atoms with Crippen molar-refractivity contribution in [3.63, 3.8) is 0 Å². The molecule has 1 saturated heterocycles. The maximum atomic E-state index is 10.2. The first kappa shape index (κ1) is 28.0. The number of hydrogen-bond donors (Lipinski definition) is 8. The van der Waals surface area contributed by atoms with Crippen LogP contribution in [0, 0.1) is 0 Å². The number of aryl methyl sites for hydroxylation is 1. The van der Waals surface area contributed by atoms with Gasteiger partial charge >= 0.3 is 0 Å². The molecule has 0 radical (unpaired) electrons. The van der Waals surface area contributed by atoms with E-state index in [9.17, 15) is 20.4 Å². The summed E-state index contributed by atoms with van der Waals surface area (Å²) in [7, 11) is 0. The van der Waals surface area contributed by atoms with Crippen molar-refractivity contribution in [1.29, 1.82) is 0 Å². The molecule has 1 aromatic heterocycles. The molecule has 192 valence electrons. The van der Waals surface area contributed by atoms with Crippen molar-refractivity contribution >= 4 is 0 Å². The monoisotopic (exact) mass is 473 g/mol. The summed E-state index contributed by atoms with van der Waals surface area (Å²) < 4.78 is 6.81. The Bertz CT molecular complexity index is 622. The molecule has 9 N–H and O–H groups in total. The lowest BCUT2D eigenvalue weighted by Gasteiger charge is -2.39. The number of nitrogens with two attached hydrogens (primary N) is 1. The molecule has 0 aromatic carbocycles. The van der Waals surface area contributed by atoms with Gasteiger partial charge in [0.2, 0.25) is 0 Å². The van der Waals surface area contributed by atoms with E-state index in [1.807, 2.05) is 0 Å². The Kier molecular flexibility index (Phi) is 13.9. The third-order valence-corrected chi connectivity index (χ3v) is 5.69. The zero-order chi connectivity index (χ0) is 23.9. The maximum Gasteiger partial charge on any atom is 0.180 e. The molecule has 0 bridgehead atoms. The van der Waals surface area contributed by atoms with Gasteiger partial charge in [-0.3, -0.25) is 0 Å². The summed E-state index contributed by atoms with van der Waals surface area (Å²) in [5, 5.41) is 57.6. The highest BCUT2D eigenvalue weighted by Gasteiger charge is 2.44. The number of ether oxygens (including phenoxy) is 1.